The molecule has 0 aromatic rings. The molecule has 0 saturated carbocycles. The Bertz CT molecular complexity index is 66.1. The molecule has 0 radical (unpaired) electrons. The summed E-state index contributed by atoms with van der Waals surface area (Å²) < 4.78 is 12.3. The van der Waals surface area contributed by atoms with Crippen LogP contribution in [0.1, 0.15) is 13.8 Å². The van der Waals surface area contributed by atoms with Gasteiger partial charge in [0.2, 0.25) is 0 Å². The average Bonchev–Trinajstić information content (AvgIpc) is 1.83. The smallest absolute Gasteiger partial charge is 0.125 e. The molecule has 0 rings (SSSR count). The second kappa shape index (κ2) is 4.70. The Kier molecular flexibility index (Phi) is 4.62. The summed E-state index contributed by atoms with van der Waals surface area (Å²) in [4.78, 5) is 0. The Morgan fingerprint density at radius 1 is 1.56 bits per heavy atom. The van der Waals surface area contributed by atoms with Crippen molar-refractivity contribution in [2.24, 2.45) is 5.73 Å². The normalized spacial score (nSPS) is 14.3. The molecule has 2 nitrogen and oxygen atoms in total. The highest BCUT2D eigenvalue weighted by molar-refractivity contribution is 4.61. The monoisotopic (exact) mass is 134 g/mol. The molecule has 56 valence electrons. The van der Waals surface area contributed by atoms with E-state index in [0.717, 1.165) is 0 Å². The van der Waals surface area contributed by atoms with E-state index in [-0.39, 0.29) is 6.54 Å². The first-order valence-electron chi connectivity index (χ1n) is 3.24. The molecule has 0 fully saturated rings. The summed E-state index contributed by atoms with van der Waals surface area (Å²) in [5.74, 6) is 0. The third kappa shape index (κ3) is 5.73. The lowest BCUT2D eigenvalue weighted by Gasteiger charge is -2.09. The van der Waals surface area contributed by atoms with Crippen LogP contribution in [-0.2, 0) is 0 Å². The van der Waals surface area contributed by atoms with Gasteiger partial charge in [-0.2, -0.15) is 0 Å². The minimum Gasteiger partial charge on any atom is -0.328 e. The molecule has 0 spiro atoms. The van der Waals surface area contributed by atoms with Crippen molar-refractivity contribution in [3.63, 3.8) is 0 Å². The molecule has 0 aromatic heterocycles. The fourth-order valence-corrected chi connectivity index (χ4v) is 0.447. The largest absolute Gasteiger partial charge is 0.328 e. The number of rotatable bonds is 4. The second-order valence-electron chi connectivity index (χ2n) is 2.40. The maximum Gasteiger partial charge on any atom is 0.125 e. The average molecular weight is 134 g/mol. The summed E-state index contributed by atoms with van der Waals surface area (Å²) in [6, 6.07) is 0.342. The van der Waals surface area contributed by atoms with Crippen molar-refractivity contribution in [1.82, 2.24) is 5.32 Å². The van der Waals surface area contributed by atoms with Crippen LogP contribution in [0.4, 0.5) is 4.39 Å². The fourth-order valence-electron chi connectivity index (χ4n) is 0.447. The van der Waals surface area contributed by atoms with Crippen molar-refractivity contribution in [3.05, 3.63) is 0 Å². The van der Waals surface area contributed by atoms with Gasteiger partial charge in [-0.15, -0.1) is 0 Å². The predicted molar refractivity (Wildman–Crippen MR) is 37.1 cm³/mol. The zero-order chi connectivity index (χ0) is 7.28. The summed E-state index contributed by atoms with van der Waals surface area (Å²) in [6.45, 7) is 4.43. The van der Waals surface area contributed by atoms with Gasteiger partial charge in [0.15, 0.2) is 0 Å². The van der Waals surface area contributed by atoms with Crippen molar-refractivity contribution < 1.29 is 4.39 Å². The zero-order valence-corrected chi connectivity index (χ0v) is 6.02. The summed E-state index contributed by atoms with van der Waals surface area (Å²) in [5.41, 5.74) is 5.04. The van der Waals surface area contributed by atoms with Crippen LogP contribution in [0.15, 0.2) is 0 Å². The van der Waals surface area contributed by atoms with E-state index in [4.69, 9.17) is 5.73 Å². The Morgan fingerprint density at radius 2 is 2.11 bits per heavy atom. The third-order valence-electron chi connectivity index (χ3n) is 1.00. The van der Waals surface area contributed by atoms with Crippen molar-refractivity contribution in [2.45, 2.75) is 26.1 Å². The molecular weight excluding hydrogens is 119 g/mol. The van der Waals surface area contributed by atoms with Crippen LogP contribution in [0.5, 0.6) is 0 Å². The molecular formula is C6H15FN2. The molecule has 0 aliphatic carbocycles. The molecule has 0 saturated heterocycles. The summed E-state index contributed by atoms with van der Waals surface area (Å²) in [7, 11) is 0. The van der Waals surface area contributed by atoms with Gasteiger partial charge in [-0.1, -0.05) is 13.8 Å². The van der Waals surface area contributed by atoms with E-state index < -0.39 is 6.17 Å². The number of alkyl halides is 1. The van der Waals surface area contributed by atoms with E-state index >= 15 is 0 Å². The maximum absolute atomic E-state index is 12.3. The quantitative estimate of drug-likeness (QED) is 0.579. The van der Waals surface area contributed by atoms with Gasteiger partial charge in [-0.3, -0.25) is 0 Å². The second-order valence-corrected chi connectivity index (χ2v) is 2.40. The molecule has 9 heavy (non-hydrogen) atoms. The van der Waals surface area contributed by atoms with Gasteiger partial charge in [0.05, 0.1) is 0 Å². The van der Waals surface area contributed by atoms with E-state index in [2.05, 4.69) is 5.32 Å². The minimum absolute atomic E-state index is 0.111. The molecule has 0 bridgehead atoms. The third-order valence-corrected chi connectivity index (χ3v) is 1.00. The van der Waals surface area contributed by atoms with Crippen LogP contribution in [0, 0.1) is 0 Å². The van der Waals surface area contributed by atoms with Crippen LogP contribution in [0.3, 0.4) is 0 Å². The summed E-state index contributed by atoms with van der Waals surface area (Å²) in [5, 5.41) is 2.94. The predicted octanol–water partition coefficient (Wildman–Crippen LogP) is 0.281. The van der Waals surface area contributed by atoms with Gasteiger partial charge >= 0.3 is 0 Å². The van der Waals surface area contributed by atoms with Crippen molar-refractivity contribution in [3.8, 4) is 0 Å². The van der Waals surface area contributed by atoms with Crippen molar-refractivity contribution >= 4 is 0 Å². The van der Waals surface area contributed by atoms with Gasteiger partial charge in [0.25, 0.3) is 0 Å². The highest BCUT2D eigenvalue weighted by Gasteiger charge is 2.02. The van der Waals surface area contributed by atoms with E-state index in [1.165, 1.54) is 0 Å². The van der Waals surface area contributed by atoms with Crippen LogP contribution in [-0.4, -0.2) is 25.3 Å². The van der Waals surface area contributed by atoms with Gasteiger partial charge in [0, 0.05) is 19.1 Å². The lowest BCUT2D eigenvalue weighted by Crippen LogP contribution is -2.33. The van der Waals surface area contributed by atoms with Gasteiger partial charge in [-0.05, 0) is 0 Å². The number of nitrogens with two attached hydrogens (primary N) is 1. The number of halogens is 1. The Hall–Kier alpha value is -0.150. The van der Waals surface area contributed by atoms with Crippen LogP contribution >= 0.6 is 0 Å². The molecule has 1 atom stereocenters. The Balaban J connectivity index is 3.06. The Labute approximate surface area is 55.6 Å². The molecule has 0 aliphatic rings. The van der Waals surface area contributed by atoms with Crippen LogP contribution in [0.25, 0.3) is 0 Å². The molecule has 3 N–H and O–H groups in total. The minimum atomic E-state index is -0.896. The van der Waals surface area contributed by atoms with E-state index in [0.29, 0.717) is 12.6 Å². The molecule has 0 aliphatic heterocycles. The van der Waals surface area contributed by atoms with E-state index in [9.17, 15) is 4.39 Å². The SMILES string of the molecule is CC(C)NC[C@H](F)CN. The lowest BCUT2D eigenvalue weighted by atomic mass is 10.3. The zero-order valence-electron chi connectivity index (χ0n) is 6.02. The van der Waals surface area contributed by atoms with Crippen LogP contribution < -0.4 is 11.1 Å². The fraction of sp³-hybridized carbons (Fsp3) is 1.00. The Morgan fingerprint density at radius 3 is 2.44 bits per heavy atom. The summed E-state index contributed by atoms with van der Waals surface area (Å²) >= 11 is 0. The first-order chi connectivity index (χ1) is 4.16. The summed E-state index contributed by atoms with van der Waals surface area (Å²) in [6.07, 6.45) is -0.896. The number of hydrogen-bond donors (Lipinski definition) is 2. The first-order valence-corrected chi connectivity index (χ1v) is 3.24. The first kappa shape index (κ1) is 8.85. The molecule has 0 amide bonds. The lowest BCUT2D eigenvalue weighted by molar-refractivity contribution is 0.318. The maximum atomic E-state index is 12.3. The topological polar surface area (TPSA) is 38.0 Å². The number of hydrogen-bond acceptors (Lipinski definition) is 2. The highest BCUT2D eigenvalue weighted by atomic mass is 19.1. The molecule has 0 unspecified atom stereocenters. The number of nitrogens with one attached hydrogen (secondary N) is 1. The molecule has 0 aromatic carbocycles. The standard InChI is InChI=1S/C6H15FN2/c1-5(2)9-4-6(7)3-8/h5-6,9H,3-4,8H2,1-2H3/t6-/m1/s1. The molecule has 0 heterocycles. The van der Waals surface area contributed by atoms with E-state index in [1.54, 1.807) is 0 Å². The van der Waals surface area contributed by atoms with Crippen molar-refractivity contribution in [1.29, 1.82) is 0 Å². The van der Waals surface area contributed by atoms with Crippen molar-refractivity contribution in [2.75, 3.05) is 13.1 Å². The highest BCUT2D eigenvalue weighted by Crippen LogP contribution is 1.85. The van der Waals surface area contributed by atoms with Gasteiger partial charge in [-0.25, -0.2) is 4.39 Å². The van der Waals surface area contributed by atoms with Crippen LogP contribution in [0.2, 0.25) is 0 Å². The molecule has 3 heteroatoms. The van der Waals surface area contributed by atoms with Gasteiger partial charge in [0.1, 0.15) is 6.17 Å². The van der Waals surface area contributed by atoms with E-state index in [1.807, 2.05) is 13.8 Å². The van der Waals surface area contributed by atoms with Gasteiger partial charge < -0.3 is 11.1 Å².